The molecule has 114 valence electrons. The molecule has 6 nitrogen and oxygen atoms in total. The summed E-state index contributed by atoms with van der Waals surface area (Å²) < 4.78 is 4.44. The first kappa shape index (κ1) is 16.7. The number of hydrogen-bond acceptors (Lipinski definition) is 5. The van der Waals surface area contributed by atoms with Gasteiger partial charge in [0.2, 0.25) is 0 Å². The largest absolute Gasteiger partial charge is 0.478 e. The number of methoxy groups -OCH3 is 1. The summed E-state index contributed by atoms with van der Waals surface area (Å²) in [6, 6.07) is 5.68. The SMILES string of the molecule is CN1C=CCN(C)C1.COC(=O)c1cccc(C(=O)O)c1. The zero-order chi connectivity index (χ0) is 15.8. The first-order valence-corrected chi connectivity index (χ1v) is 6.41. The van der Waals surface area contributed by atoms with E-state index in [1.54, 1.807) is 0 Å². The van der Waals surface area contributed by atoms with Crippen LogP contribution in [0.5, 0.6) is 0 Å². The fourth-order valence-electron chi connectivity index (χ4n) is 1.79. The number of esters is 1. The molecule has 0 saturated carbocycles. The normalized spacial score (nSPS) is 14.1. The molecule has 0 spiro atoms. The summed E-state index contributed by atoms with van der Waals surface area (Å²) in [5, 5.41) is 8.61. The zero-order valence-corrected chi connectivity index (χ0v) is 12.4. The molecule has 0 saturated heterocycles. The molecule has 2 rings (SSSR count). The molecule has 0 atom stereocenters. The first-order valence-electron chi connectivity index (χ1n) is 6.41. The van der Waals surface area contributed by atoms with Crippen LogP contribution in [0.15, 0.2) is 36.5 Å². The van der Waals surface area contributed by atoms with Crippen LogP contribution >= 0.6 is 0 Å². The van der Waals surface area contributed by atoms with Crippen LogP contribution in [-0.4, -0.2) is 61.3 Å². The van der Waals surface area contributed by atoms with Crippen LogP contribution in [0.25, 0.3) is 0 Å². The fraction of sp³-hybridized carbons (Fsp3) is 0.333. The Morgan fingerprint density at radius 3 is 2.38 bits per heavy atom. The van der Waals surface area contributed by atoms with Gasteiger partial charge in [0.1, 0.15) is 0 Å². The van der Waals surface area contributed by atoms with E-state index in [0.717, 1.165) is 13.2 Å². The van der Waals surface area contributed by atoms with Crippen molar-refractivity contribution in [1.29, 1.82) is 0 Å². The molecule has 0 aliphatic carbocycles. The third kappa shape index (κ3) is 5.66. The Kier molecular flexibility index (Phi) is 6.42. The summed E-state index contributed by atoms with van der Waals surface area (Å²) in [4.78, 5) is 25.9. The van der Waals surface area contributed by atoms with E-state index in [1.165, 1.54) is 31.4 Å². The van der Waals surface area contributed by atoms with Crippen LogP contribution in [0, 0.1) is 0 Å². The van der Waals surface area contributed by atoms with Gasteiger partial charge in [0.15, 0.2) is 0 Å². The zero-order valence-electron chi connectivity index (χ0n) is 12.4. The van der Waals surface area contributed by atoms with Gasteiger partial charge in [-0.3, -0.25) is 4.90 Å². The second-order valence-corrected chi connectivity index (χ2v) is 4.70. The number of hydrogen-bond donors (Lipinski definition) is 1. The molecule has 6 heteroatoms. The van der Waals surface area contributed by atoms with Crippen molar-refractivity contribution in [2.75, 3.05) is 34.4 Å². The van der Waals surface area contributed by atoms with Crippen molar-refractivity contribution >= 4 is 11.9 Å². The molecule has 0 unspecified atom stereocenters. The van der Waals surface area contributed by atoms with E-state index < -0.39 is 11.9 Å². The number of carboxylic acid groups (broad SMARTS) is 1. The highest BCUT2D eigenvalue weighted by Gasteiger charge is 2.08. The highest BCUT2D eigenvalue weighted by Crippen LogP contribution is 2.06. The maximum Gasteiger partial charge on any atom is 0.337 e. The third-order valence-corrected chi connectivity index (χ3v) is 2.77. The quantitative estimate of drug-likeness (QED) is 0.833. The average Bonchev–Trinajstić information content (AvgIpc) is 2.47. The average molecular weight is 292 g/mol. The Balaban J connectivity index is 0.000000235. The minimum Gasteiger partial charge on any atom is -0.478 e. The molecule has 1 aliphatic rings. The monoisotopic (exact) mass is 292 g/mol. The highest BCUT2D eigenvalue weighted by atomic mass is 16.5. The number of carbonyl (C=O) groups excluding carboxylic acids is 1. The van der Waals surface area contributed by atoms with Gasteiger partial charge in [-0.05, 0) is 31.4 Å². The van der Waals surface area contributed by atoms with Crippen LogP contribution < -0.4 is 0 Å². The van der Waals surface area contributed by atoms with E-state index in [-0.39, 0.29) is 11.1 Å². The van der Waals surface area contributed by atoms with Crippen molar-refractivity contribution in [1.82, 2.24) is 9.80 Å². The highest BCUT2D eigenvalue weighted by molar-refractivity contribution is 5.94. The van der Waals surface area contributed by atoms with Crippen molar-refractivity contribution < 1.29 is 19.4 Å². The van der Waals surface area contributed by atoms with Gasteiger partial charge >= 0.3 is 11.9 Å². The van der Waals surface area contributed by atoms with Crippen LogP contribution in [0.1, 0.15) is 20.7 Å². The van der Waals surface area contributed by atoms with Crippen molar-refractivity contribution in [3.63, 3.8) is 0 Å². The summed E-state index contributed by atoms with van der Waals surface area (Å²) in [5.74, 6) is -1.60. The van der Waals surface area contributed by atoms with E-state index in [1.807, 2.05) is 0 Å². The predicted octanol–water partition coefficient (Wildman–Crippen LogP) is 1.51. The molecule has 21 heavy (non-hydrogen) atoms. The maximum absolute atomic E-state index is 11.0. The molecule has 0 aromatic heterocycles. The van der Waals surface area contributed by atoms with E-state index in [0.29, 0.717) is 0 Å². The van der Waals surface area contributed by atoms with Gasteiger partial charge in [0.05, 0.1) is 24.9 Å². The van der Waals surface area contributed by atoms with Crippen LogP contribution in [0.3, 0.4) is 0 Å². The van der Waals surface area contributed by atoms with Crippen molar-refractivity contribution in [3.8, 4) is 0 Å². The number of likely N-dealkylation sites (N-methyl/N-ethyl adjacent to an activating group) is 1. The number of nitrogens with zero attached hydrogens (tertiary/aromatic N) is 2. The molecular weight excluding hydrogens is 272 g/mol. The van der Waals surface area contributed by atoms with E-state index in [9.17, 15) is 9.59 Å². The minimum absolute atomic E-state index is 0.0721. The lowest BCUT2D eigenvalue weighted by Gasteiger charge is -2.25. The second-order valence-electron chi connectivity index (χ2n) is 4.70. The van der Waals surface area contributed by atoms with Crippen molar-refractivity contribution in [2.45, 2.75) is 0 Å². The van der Waals surface area contributed by atoms with Crippen molar-refractivity contribution in [3.05, 3.63) is 47.7 Å². The molecule has 1 aromatic carbocycles. The van der Waals surface area contributed by atoms with Crippen LogP contribution in [0.2, 0.25) is 0 Å². The number of aromatic carboxylic acids is 1. The lowest BCUT2D eigenvalue weighted by Crippen LogP contribution is -2.33. The summed E-state index contributed by atoms with van der Waals surface area (Å²) >= 11 is 0. The maximum atomic E-state index is 11.0. The van der Waals surface area contributed by atoms with Gasteiger partial charge in [-0.1, -0.05) is 12.1 Å². The number of ether oxygens (including phenoxy) is 1. The van der Waals surface area contributed by atoms with Gasteiger partial charge in [0, 0.05) is 13.6 Å². The summed E-state index contributed by atoms with van der Waals surface area (Å²) in [5.41, 5.74) is 0.310. The minimum atomic E-state index is -1.06. The first-order chi connectivity index (χ1) is 9.93. The summed E-state index contributed by atoms with van der Waals surface area (Å²) in [6.45, 7) is 2.14. The van der Waals surface area contributed by atoms with E-state index in [4.69, 9.17) is 5.11 Å². The molecule has 0 amide bonds. The number of carbonyl (C=O) groups is 2. The topological polar surface area (TPSA) is 70.1 Å². The molecule has 1 N–H and O–H groups in total. The number of carboxylic acids is 1. The molecular formula is C15H20N2O4. The molecule has 0 radical (unpaired) electrons. The van der Waals surface area contributed by atoms with E-state index >= 15 is 0 Å². The van der Waals surface area contributed by atoms with E-state index in [2.05, 4.69) is 40.9 Å². The third-order valence-electron chi connectivity index (χ3n) is 2.77. The molecule has 1 heterocycles. The number of benzene rings is 1. The second kappa shape index (κ2) is 8.06. The van der Waals surface area contributed by atoms with Crippen LogP contribution in [-0.2, 0) is 4.74 Å². The Morgan fingerprint density at radius 1 is 1.24 bits per heavy atom. The van der Waals surface area contributed by atoms with Gasteiger partial charge < -0.3 is 14.7 Å². The lowest BCUT2D eigenvalue weighted by atomic mass is 10.1. The molecule has 0 fully saturated rings. The Hall–Kier alpha value is -2.34. The smallest absolute Gasteiger partial charge is 0.337 e. The van der Waals surface area contributed by atoms with Crippen LogP contribution in [0.4, 0.5) is 0 Å². The predicted molar refractivity (Wildman–Crippen MR) is 79.1 cm³/mol. The van der Waals surface area contributed by atoms with Gasteiger partial charge in [-0.2, -0.15) is 0 Å². The Labute approximate surface area is 124 Å². The summed E-state index contributed by atoms with van der Waals surface area (Å²) in [7, 11) is 5.43. The lowest BCUT2D eigenvalue weighted by molar-refractivity contribution is 0.0600. The van der Waals surface area contributed by atoms with Crippen molar-refractivity contribution in [2.24, 2.45) is 0 Å². The van der Waals surface area contributed by atoms with Gasteiger partial charge in [0.25, 0.3) is 0 Å². The molecule has 1 aliphatic heterocycles. The molecule has 1 aromatic rings. The fourth-order valence-corrected chi connectivity index (χ4v) is 1.79. The Bertz CT molecular complexity index is 528. The molecule has 0 bridgehead atoms. The standard InChI is InChI=1S/C9H8O4.C6H12N2/c1-13-9(12)7-4-2-3-6(5-7)8(10)11;1-7-4-3-5-8(2)6-7/h2-5H,1H3,(H,10,11);3-4H,5-6H2,1-2H3. The van der Waals surface area contributed by atoms with Gasteiger partial charge in [-0.15, -0.1) is 0 Å². The van der Waals surface area contributed by atoms with Gasteiger partial charge in [-0.25, -0.2) is 9.59 Å². The summed E-state index contributed by atoms with van der Waals surface area (Å²) in [6.07, 6.45) is 4.27. The Morgan fingerprint density at radius 2 is 1.90 bits per heavy atom. The number of rotatable bonds is 2.